The van der Waals surface area contributed by atoms with Crippen molar-refractivity contribution in [3.63, 3.8) is 0 Å². The number of carbonyl (C=O) groups excluding carboxylic acids is 1. The Balaban J connectivity index is 0.00000280. The third-order valence-electron chi connectivity index (χ3n) is 4.70. The van der Waals surface area contributed by atoms with Gasteiger partial charge in [0.15, 0.2) is 11.5 Å². The van der Waals surface area contributed by atoms with Crippen LogP contribution in [0.25, 0.3) is 10.9 Å². The molecule has 1 aromatic heterocycles. The first-order chi connectivity index (χ1) is 13.0. The maximum absolute atomic E-state index is 12.7. The first kappa shape index (κ1) is 21.9. The Labute approximate surface area is 168 Å². The Morgan fingerprint density at radius 2 is 2.00 bits per heavy atom. The van der Waals surface area contributed by atoms with Crippen LogP contribution in [0.2, 0.25) is 0 Å². The number of benzene rings is 1. The number of aliphatic hydroxyl groups is 1. The van der Waals surface area contributed by atoms with E-state index in [0.717, 1.165) is 0 Å². The van der Waals surface area contributed by atoms with Crippen LogP contribution in [0.4, 0.5) is 0 Å². The summed E-state index contributed by atoms with van der Waals surface area (Å²) in [6.45, 7) is 2.89. The van der Waals surface area contributed by atoms with Crippen molar-refractivity contribution in [3.8, 4) is 11.5 Å². The first-order valence-corrected chi connectivity index (χ1v) is 8.82. The lowest BCUT2D eigenvalue weighted by molar-refractivity contribution is -0.133. The summed E-state index contributed by atoms with van der Waals surface area (Å²) in [6.07, 6.45) is -0.132. The molecule has 1 amide bonds. The van der Waals surface area contributed by atoms with Crippen molar-refractivity contribution in [1.29, 1.82) is 0 Å². The molecule has 1 aliphatic heterocycles. The molecule has 2 heterocycles. The highest BCUT2D eigenvalue weighted by Gasteiger charge is 2.31. The molecule has 28 heavy (non-hydrogen) atoms. The SMILES string of the molecule is CCN(Cc1nc2cc(OC)c(OC)cc2c(=O)[nH]1)C(=O)C1CC(O)CN1.Cl. The molecule has 3 rings (SSSR count). The first-order valence-electron chi connectivity index (χ1n) is 8.82. The van der Waals surface area contributed by atoms with Crippen LogP contribution in [0, 0.1) is 0 Å². The molecular weight excluding hydrogens is 388 g/mol. The highest BCUT2D eigenvalue weighted by molar-refractivity contribution is 5.85. The van der Waals surface area contributed by atoms with E-state index in [0.29, 0.717) is 47.7 Å². The van der Waals surface area contributed by atoms with Gasteiger partial charge in [0.05, 0.1) is 43.8 Å². The summed E-state index contributed by atoms with van der Waals surface area (Å²) < 4.78 is 10.5. The molecule has 2 atom stereocenters. The lowest BCUT2D eigenvalue weighted by Crippen LogP contribution is -2.43. The molecule has 9 nitrogen and oxygen atoms in total. The summed E-state index contributed by atoms with van der Waals surface area (Å²) in [6, 6.07) is 2.80. The number of hydrogen-bond acceptors (Lipinski definition) is 7. The van der Waals surface area contributed by atoms with Crippen LogP contribution in [-0.4, -0.2) is 65.3 Å². The summed E-state index contributed by atoms with van der Waals surface area (Å²) in [5, 5.41) is 13.0. The Morgan fingerprint density at radius 1 is 1.32 bits per heavy atom. The van der Waals surface area contributed by atoms with Crippen molar-refractivity contribution in [2.75, 3.05) is 27.3 Å². The van der Waals surface area contributed by atoms with Crippen molar-refractivity contribution in [2.24, 2.45) is 0 Å². The van der Waals surface area contributed by atoms with Crippen molar-refractivity contribution < 1.29 is 19.4 Å². The minimum Gasteiger partial charge on any atom is -0.493 e. The normalized spacial score (nSPS) is 18.6. The van der Waals surface area contributed by atoms with Gasteiger partial charge in [0.25, 0.3) is 5.56 Å². The second kappa shape index (κ2) is 9.22. The summed E-state index contributed by atoms with van der Waals surface area (Å²) in [4.78, 5) is 33.9. The fourth-order valence-electron chi connectivity index (χ4n) is 3.24. The van der Waals surface area contributed by atoms with Crippen molar-refractivity contribution >= 4 is 29.2 Å². The topological polar surface area (TPSA) is 117 Å². The zero-order chi connectivity index (χ0) is 19.6. The molecule has 0 saturated carbocycles. The fourth-order valence-corrected chi connectivity index (χ4v) is 3.24. The number of aromatic amines is 1. The Hall–Kier alpha value is -2.36. The summed E-state index contributed by atoms with van der Waals surface area (Å²) >= 11 is 0. The van der Waals surface area contributed by atoms with Gasteiger partial charge in [-0.1, -0.05) is 0 Å². The molecule has 1 aliphatic rings. The van der Waals surface area contributed by atoms with E-state index < -0.39 is 12.1 Å². The average molecular weight is 413 g/mol. The van der Waals surface area contributed by atoms with Gasteiger partial charge in [-0.3, -0.25) is 9.59 Å². The van der Waals surface area contributed by atoms with E-state index in [-0.39, 0.29) is 30.4 Å². The molecule has 2 aromatic rings. The highest BCUT2D eigenvalue weighted by atomic mass is 35.5. The summed E-state index contributed by atoms with van der Waals surface area (Å²) in [7, 11) is 3.01. The molecule has 0 bridgehead atoms. The zero-order valence-corrected chi connectivity index (χ0v) is 16.8. The number of nitrogens with zero attached hydrogens (tertiary/aromatic N) is 2. The number of carbonyl (C=O) groups is 1. The van der Waals surface area contributed by atoms with Crippen molar-refractivity contribution in [3.05, 3.63) is 28.3 Å². The minimum atomic E-state index is -0.515. The van der Waals surface area contributed by atoms with Gasteiger partial charge in [0, 0.05) is 19.2 Å². The summed E-state index contributed by atoms with van der Waals surface area (Å²) in [5.74, 6) is 1.18. The molecule has 0 radical (unpaired) electrons. The quantitative estimate of drug-likeness (QED) is 0.630. The number of methoxy groups -OCH3 is 2. The van der Waals surface area contributed by atoms with Gasteiger partial charge in [0.2, 0.25) is 5.91 Å². The predicted octanol–water partition coefficient (Wildman–Crippen LogP) is 0.433. The Bertz CT molecular complexity index is 903. The number of H-pyrrole nitrogens is 1. The van der Waals surface area contributed by atoms with Gasteiger partial charge >= 0.3 is 0 Å². The molecular formula is C18H25ClN4O5. The molecule has 154 valence electrons. The van der Waals surface area contributed by atoms with Gasteiger partial charge in [-0.25, -0.2) is 4.98 Å². The lowest BCUT2D eigenvalue weighted by Gasteiger charge is -2.23. The number of halogens is 1. The number of likely N-dealkylation sites (N-methyl/N-ethyl adjacent to an activating group) is 1. The largest absolute Gasteiger partial charge is 0.493 e. The minimum absolute atomic E-state index is 0. The second-order valence-corrected chi connectivity index (χ2v) is 6.44. The van der Waals surface area contributed by atoms with E-state index in [1.54, 1.807) is 17.0 Å². The number of rotatable bonds is 6. The molecule has 2 unspecified atom stereocenters. The fraction of sp³-hybridized carbons (Fsp3) is 0.500. The van der Waals surface area contributed by atoms with E-state index in [2.05, 4.69) is 15.3 Å². The maximum Gasteiger partial charge on any atom is 0.258 e. The zero-order valence-electron chi connectivity index (χ0n) is 16.0. The number of β-amino-alcohol motifs (C(OH)–C–C–N with tert-alkyl or cyclic N) is 1. The lowest BCUT2D eigenvalue weighted by atomic mass is 10.1. The molecule has 1 saturated heterocycles. The average Bonchev–Trinajstić information content (AvgIpc) is 3.10. The number of nitrogens with one attached hydrogen (secondary N) is 2. The van der Waals surface area contributed by atoms with Crippen LogP contribution in [0.1, 0.15) is 19.2 Å². The number of amides is 1. The number of hydrogen-bond donors (Lipinski definition) is 3. The van der Waals surface area contributed by atoms with E-state index in [4.69, 9.17) is 9.47 Å². The molecule has 0 aliphatic carbocycles. The number of aromatic nitrogens is 2. The smallest absolute Gasteiger partial charge is 0.258 e. The second-order valence-electron chi connectivity index (χ2n) is 6.44. The van der Waals surface area contributed by atoms with Gasteiger partial charge in [-0.05, 0) is 19.4 Å². The Kier molecular flexibility index (Phi) is 7.22. The van der Waals surface area contributed by atoms with Gasteiger partial charge in [-0.2, -0.15) is 0 Å². The van der Waals surface area contributed by atoms with Crippen LogP contribution >= 0.6 is 12.4 Å². The van der Waals surface area contributed by atoms with Crippen molar-refractivity contribution in [2.45, 2.75) is 32.0 Å². The standard InChI is InChI=1S/C18H24N4O5.ClH/c1-4-22(18(25)13-5-10(23)8-19-13)9-16-20-12-7-15(27-3)14(26-2)6-11(12)17(24)21-16;/h6-7,10,13,19,23H,4-5,8-9H2,1-3H3,(H,20,21,24);1H. The third-order valence-corrected chi connectivity index (χ3v) is 4.70. The molecule has 1 aromatic carbocycles. The van der Waals surface area contributed by atoms with Gasteiger partial charge < -0.3 is 29.8 Å². The predicted molar refractivity (Wildman–Crippen MR) is 106 cm³/mol. The van der Waals surface area contributed by atoms with Crippen LogP contribution in [0.5, 0.6) is 11.5 Å². The van der Waals surface area contributed by atoms with Crippen molar-refractivity contribution in [1.82, 2.24) is 20.2 Å². The van der Waals surface area contributed by atoms with Crippen LogP contribution in [-0.2, 0) is 11.3 Å². The molecule has 1 fully saturated rings. The number of ether oxygens (including phenoxy) is 2. The van der Waals surface area contributed by atoms with Crippen LogP contribution < -0.4 is 20.3 Å². The van der Waals surface area contributed by atoms with Gasteiger partial charge in [-0.15, -0.1) is 12.4 Å². The highest BCUT2D eigenvalue weighted by Crippen LogP contribution is 2.30. The maximum atomic E-state index is 12.7. The summed E-state index contributed by atoms with van der Waals surface area (Å²) in [5.41, 5.74) is 0.151. The third kappa shape index (κ3) is 4.37. The van der Waals surface area contributed by atoms with Crippen LogP contribution in [0.15, 0.2) is 16.9 Å². The van der Waals surface area contributed by atoms with E-state index in [9.17, 15) is 14.7 Å². The van der Waals surface area contributed by atoms with E-state index in [1.165, 1.54) is 14.2 Å². The molecule has 10 heteroatoms. The monoisotopic (exact) mass is 412 g/mol. The van der Waals surface area contributed by atoms with E-state index in [1.807, 2.05) is 6.92 Å². The Morgan fingerprint density at radius 3 is 2.57 bits per heavy atom. The van der Waals surface area contributed by atoms with E-state index >= 15 is 0 Å². The number of fused-ring (bicyclic) bond motifs is 1. The van der Waals surface area contributed by atoms with Gasteiger partial charge in [0.1, 0.15) is 5.82 Å². The molecule has 3 N–H and O–H groups in total. The molecule has 0 spiro atoms. The van der Waals surface area contributed by atoms with Crippen LogP contribution in [0.3, 0.4) is 0 Å². The number of aliphatic hydroxyl groups excluding tert-OH is 1.